The third-order valence-electron chi connectivity index (χ3n) is 3.77. The summed E-state index contributed by atoms with van der Waals surface area (Å²) in [6.07, 6.45) is 4.84. The van der Waals surface area contributed by atoms with Gasteiger partial charge in [0.2, 0.25) is 0 Å². The second-order valence-corrected chi connectivity index (χ2v) is 4.76. The highest BCUT2D eigenvalue weighted by molar-refractivity contribution is 5.90. The second-order valence-electron chi connectivity index (χ2n) is 4.76. The molecular weight excluding hydrogens is 228 g/mol. The number of hydrogen-bond acceptors (Lipinski definition) is 3. The first-order valence-electron chi connectivity index (χ1n) is 6.16. The van der Waals surface area contributed by atoms with Gasteiger partial charge in [0.25, 0.3) is 0 Å². The van der Waals surface area contributed by atoms with Gasteiger partial charge in [0.1, 0.15) is 5.75 Å². The van der Waals surface area contributed by atoms with Crippen molar-refractivity contribution in [2.45, 2.75) is 25.2 Å². The number of aromatic amines is 1. The second kappa shape index (κ2) is 4.37. The lowest BCUT2D eigenvalue weighted by atomic mass is 9.97. The Bertz CT molecular complexity index is 601. The van der Waals surface area contributed by atoms with E-state index in [2.05, 4.69) is 22.4 Å². The fourth-order valence-corrected chi connectivity index (χ4v) is 2.77. The summed E-state index contributed by atoms with van der Waals surface area (Å²) in [5, 5.41) is 13.4. The molecule has 1 heterocycles. The van der Waals surface area contributed by atoms with Crippen molar-refractivity contribution in [3.05, 3.63) is 30.0 Å². The van der Waals surface area contributed by atoms with Gasteiger partial charge in [-0.15, -0.1) is 0 Å². The minimum absolute atomic E-state index is 0.441. The van der Waals surface area contributed by atoms with Gasteiger partial charge >= 0.3 is 0 Å². The number of oxime groups is 1. The molecule has 0 amide bonds. The molecule has 1 aliphatic carbocycles. The summed E-state index contributed by atoms with van der Waals surface area (Å²) in [7, 11) is 1.68. The molecule has 3 rings (SSSR count). The van der Waals surface area contributed by atoms with Crippen LogP contribution in [0.5, 0.6) is 5.75 Å². The molecule has 94 valence electrons. The highest BCUT2D eigenvalue weighted by Crippen LogP contribution is 2.37. The number of benzene rings is 1. The Balaban J connectivity index is 2.01. The van der Waals surface area contributed by atoms with E-state index in [0.717, 1.165) is 36.2 Å². The van der Waals surface area contributed by atoms with Crippen LogP contribution in [-0.4, -0.2) is 23.0 Å². The summed E-state index contributed by atoms with van der Waals surface area (Å²) < 4.78 is 5.27. The third-order valence-corrected chi connectivity index (χ3v) is 3.77. The van der Waals surface area contributed by atoms with Gasteiger partial charge in [-0.25, -0.2) is 0 Å². The lowest BCUT2D eigenvalue weighted by molar-refractivity contribution is 0.317. The maximum Gasteiger partial charge on any atom is 0.119 e. The lowest BCUT2D eigenvalue weighted by Crippen LogP contribution is -1.93. The number of H-pyrrole nitrogens is 1. The number of aromatic nitrogens is 1. The van der Waals surface area contributed by atoms with E-state index in [4.69, 9.17) is 9.94 Å². The van der Waals surface area contributed by atoms with Gasteiger partial charge in [-0.05, 0) is 48.9 Å². The van der Waals surface area contributed by atoms with Crippen LogP contribution in [0.3, 0.4) is 0 Å². The third kappa shape index (κ3) is 1.74. The molecule has 1 unspecified atom stereocenters. The average Bonchev–Trinajstić information content (AvgIpc) is 3.03. The number of rotatable bonds is 2. The first kappa shape index (κ1) is 11.1. The molecule has 0 saturated heterocycles. The maximum absolute atomic E-state index is 8.84. The van der Waals surface area contributed by atoms with Gasteiger partial charge in [-0.3, -0.25) is 0 Å². The van der Waals surface area contributed by atoms with Gasteiger partial charge in [0.05, 0.1) is 12.8 Å². The van der Waals surface area contributed by atoms with E-state index in [1.54, 1.807) is 7.11 Å². The van der Waals surface area contributed by atoms with Crippen LogP contribution in [0.15, 0.2) is 29.6 Å². The molecule has 18 heavy (non-hydrogen) atoms. The van der Waals surface area contributed by atoms with Crippen LogP contribution < -0.4 is 4.74 Å². The summed E-state index contributed by atoms with van der Waals surface area (Å²) in [4.78, 5) is 3.29. The standard InChI is InChI=1S/C14H16N2O2/c1-18-11-4-5-14-12(7-11)13(8-15-14)9-2-3-10(6-9)16-17/h4-5,7-9,15,17H,2-3,6H2,1H3. The van der Waals surface area contributed by atoms with Crippen molar-refractivity contribution < 1.29 is 9.94 Å². The van der Waals surface area contributed by atoms with Gasteiger partial charge in [0.15, 0.2) is 0 Å². The number of ether oxygens (including phenoxy) is 1. The minimum atomic E-state index is 0.441. The maximum atomic E-state index is 8.84. The topological polar surface area (TPSA) is 57.6 Å². The molecular formula is C14H16N2O2. The summed E-state index contributed by atoms with van der Waals surface area (Å²) in [5.41, 5.74) is 3.32. The van der Waals surface area contributed by atoms with Gasteiger partial charge in [-0.1, -0.05) is 5.16 Å². The van der Waals surface area contributed by atoms with Crippen molar-refractivity contribution in [2.24, 2.45) is 5.16 Å². The SMILES string of the molecule is COc1ccc2[nH]cc(C3CCC(=NO)C3)c2c1. The fourth-order valence-electron chi connectivity index (χ4n) is 2.77. The normalized spacial score (nSPS) is 21.8. The highest BCUT2D eigenvalue weighted by Gasteiger charge is 2.24. The van der Waals surface area contributed by atoms with Crippen LogP contribution in [-0.2, 0) is 0 Å². The largest absolute Gasteiger partial charge is 0.497 e. The quantitative estimate of drug-likeness (QED) is 0.629. The van der Waals surface area contributed by atoms with Crippen LogP contribution in [0.1, 0.15) is 30.7 Å². The van der Waals surface area contributed by atoms with Crippen molar-refractivity contribution in [1.29, 1.82) is 0 Å². The van der Waals surface area contributed by atoms with Crippen LogP contribution in [0, 0.1) is 0 Å². The number of methoxy groups -OCH3 is 1. The zero-order valence-electron chi connectivity index (χ0n) is 10.3. The van der Waals surface area contributed by atoms with Crippen LogP contribution in [0.4, 0.5) is 0 Å². The minimum Gasteiger partial charge on any atom is -0.497 e. The van der Waals surface area contributed by atoms with E-state index in [1.165, 1.54) is 10.9 Å². The Kier molecular flexibility index (Phi) is 2.70. The molecule has 0 spiro atoms. The summed E-state index contributed by atoms with van der Waals surface area (Å²) in [6.45, 7) is 0. The molecule has 4 nitrogen and oxygen atoms in total. The van der Waals surface area contributed by atoms with E-state index in [0.29, 0.717) is 5.92 Å². The Hall–Kier alpha value is -1.97. The van der Waals surface area contributed by atoms with Crippen molar-refractivity contribution in [3.63, 3.8) is 0 Å². The zero-order valence-corrected chi connectivity index (χ0v) is 10.3. The highest BCUT2D eigenvalue weighted by atomic mass is 16.5. The Morgan fingerprint density at radius 1 is 1.44 bits per heavy atom. The number of hydrogen-bond donors (Lipinski definition) is 2. The van der Waals surface area contributed by atoms with Crippen LogP contribution in [0.25, 0.3) is 10.9 Å². The molecule has 1 fully saturated rings. The monoisotopic (exact) mass is 244 g/mol. The molecule has 1 aromatic carbocycles. The molecule has 2 aromatic rings. The Labute approximate surface area is 105 Å². The van der Waals surface area contributed by atoms with E-state index < -0.39 is 0 Å². The molecule has 4 heteroatoms. The summed E-state index contributed by atoms with van der Waals surface area (Å²) in [6, 6.07) is 6.06. The molecule has 0 aliphatic heterocycles. The molecule has 0 bridgehead atoms. The van der Waals surface area contributed by atoms with Crippen molar-refractivity contribution in [1.82, 2.24) is 4.98 Å². The van der Waals surface area contributed by atoms with Crippen molar-refractivity contribution in [2.75, 3.05) is 7.11 Å². The smallest absolute Gasteiger partial charge is 0.119 e. The summed E-state index contributed by atoms with van der Waals surface area (Å²) >= 11 is 0. The van der Waals surface area contributed by atoms with E-state index in [-0.39, 0.29) is 0 Å². The molecule has 0 radical (unpaired) electrons. The van der Waals surface area contributed by atoms with Gasteiger partial charge in [-0.2, -0.15) is 0 Å². The molecule has 1 aromatic heterocycles. The van der Waals surface area contributed by atoms with Crippen LogP contribution in [0.2, 0.25) is 0 Å². The first-order valence-corrected chi connectivity index (χ1v) is 6.16. The molecule has 1 saturated carbocycles. The number of nitrogens with one attached hydrogen (secondary N) is 1. The van der Waals surface area contributed by atoms with Crippen molar-refractivity contribution >= 4 is 16.6 Å². The summed E-state index contributed by atoms with van der Waals surface area (Å²) in [5.74, 6) is 1.31. The number of fused-ring (bicyclic) bond motifs is 1. The van der Waals surface area contributed by atoms with Crippen LogP contribution >= 0.6 is 0 Å². The zero-order chi connectivity index (χ0) is 12.5. The van der Waals surface area contributed by atoms with E-state index >= 15 is 0 Å². The molecule has 1 atom stereocenters. The lowest BCUT2D eigenvalue weighted by Gasteiger charge is -2.07. The predicted octanol–water partition coefficient (Wildman–Crippen LogP) is 3.27. The van der Waals surface area contributed by atoms with Gasteiger partial charge < -0.3 is 14.9 Å². The Morgan fingerprint density at radius 3 is 3.06 bits per heavy atom. The average molecular weight is 244 g/mol. The first-order chi connectivity index (χ1) is 8.81. The molecule has 1 aliphatic rings. The fraction of sp³-hybridized carbons (Fsp3) is 0.357. The number of nitrogens with zero attached hydrogens (tertiary/aromatic N) is 1. The van der Waals surface area contributed by atoms with E-state index in [9.17, 15) is 0 Å². The van der Waals surface area contributed by atoms with Gasteiger partial charge in [0, 0.05) is 17.1 Å². The van der Waals surface area contributed by atoms with Crippen molar-refractivity contribution in [3.8, 4) is 5.75 Å². The Morgan fingerprint density at radius 2 is 2.33 bits per heavy atom. The van der Waals surface area contributed by atoms with E-state index in [1.807, 2.05) is 12.1 Å². The predicted molar refractivity (Wildman–Crippen MR) is 70.7 cm³/mol. The molecule has 2 N–H and O–H groups in total.